The molecule has 4 nitrogen and oxygen atoms in total. The highest BCUT2D eigenvalue weighted by Gasteiger charge is 2.08. The van der Waals surface area contributed by atoms with Gasteiger partial charge < -0.3 is 10.1 Å². The molecule has 1 aromatic carbocycles. The van der Waals surface area contributed by atoms with Crippen molar-refractivity contribution in [3.8, 4) is 0 Å². The van der Waals surface area contributed by atoms with E-state index in [2.05, 4.69) is 17.0 Å². The van der Waals surface area contributed by atoms with Gasteiger partial charge in [0.2, 0.25) is 5.91 Å². The van der Waals surface area contributed by atoms with Gasteiger partial charge in [0.05, 0.1) is 7.11 Å². The number of amides is 1. The van der Waals surface area contributed by atoms with E-state index in [4.69, 9.17) is 0 Å². The lowest BCUT2D eigenvalue weighted by atomic mass is 9.99. The molecule has 0 fully saturated rings. The van der Waals surface area contributed by atoms with Crippen LogP contribution in [0, 0.1) is 5.92 Å². The maximum Gasteiger partial charge on any atom is 0.305 e. The molecule has 4 heteroatoms. The van der Waals surface area contributed by atoms with Crippen molar-refractivity contribution in [2.75, 3.05) is 12.4 Å². The Bertz CT molecular complexity index is 417. The highest BCUT2D eigenvalue weighted by molar-refractivity contribution is 5.90. The van der Waals surface area contributed by atoms with Gasteiger partial charge in [-0.2, -0.15) is 0 Å². The highest BCUT2D eigenvalue weighted by atomic mass is 16.5. The van der Waals surface area contributed by atoms with E-state index in [-0.39, 0.29) is 11.9 Å². The molecule has 1 aromatic rings. The van der Waals surface area contributed by atoms with Crippen LogP contribution >= 0.6 is 0 Å². The number of hydrogen-bond acceptors (Lipinski definition) is 3. The van der Waals surface area contributed by atoms with Gasteiger partial charge in [-0.05, 0) is 30.9 Å². The van der Waals surface area contributed by atoms with Crippen molar-refractivity contribution in [3.05, 3.63) is 30.3 Å². The minimum atomic E-state index is -0.168. The smallest absolute Gasteiger partial charge is 0.305 e. The number of rotatable bonds is 8. The average molecular weight is 277 g/mol. The Morgan fingerprint density at radius 2 is 1.85 bits per heavy atom. The molecule has 1 atom stereocenters. The maximum atomic E-state index is 11.7. The molecule has 0 aliphatic rings. The van der Waals surface area contributed by atoms with Crippen molar-refractivity contribution in [1.29, 1.82) is 0 Å². The van der Waals surface area contributed by atoms with Crippen molar-refractivity contribution < 1.29 is 14.3 Å². The lowest BCUT2D eigenvalue weighted by Crippen LogP contribution is -2.11. The summed E-state index contributed by atoms with van der Waals surface area (Å²) in [5.74, 6) is 0.300. The molecule has 1 N–H and O–H groups in total. The third-order valence-electron chi connectivity index (χ3n) is 3.23. The zero-order chi connectivity index (χ0) is 14.8. The predicted molar refractivity (Wildman–Crippen MR) is 79.3 cm³/mol. The quantitative estimate of drug-likeness (QED) is 0.741. The van der Waals surface area contributed by atoms with Crippen LogP contribution < -0.4 is 5.32 Å². The first-order chi connectivity index (χ1) is 9.61. The molecule has 1 rings (SSSR count). The number of carbonyl (C=O) groups excluding carboxylic acids is 2. The first-order valence-electron chi connectivity index (χ1n) is 7.03. The third-order valence-corrected chi connectivity index (χ3v) is 3.23. The Labute approximate surface area is 120 Å². The van der Waals surface area contributed by atoms with E-state index < -0.39 is 0 Å². The van der Waals surface area contributed by atoms with Gasteiger partial charge >= 0.3 is 5.97 Å². The number of benzene rings is 1. The Morgan fingerprint density at radius 1 is 1.15 bits per heavy atom. The van der Waals surface area contributed by atoms with Crippen molar-refractivity contribution in [2.24, 2.45) is 5.92 Å². The van der Waals surface area contributed by atoms with Crippen LogP contribution in [-0.2, 0) is 14.3 Å². The molecule has 0 saturated heterocycles. The van der Waals surface area contributed by atoms with E-state index >= 15 is 0 Å². The van der Waals surface area contributed by atoms with Crippen molar-refractivity contribution in [3.63, 3.8) is 0 Å². The van der Waals surface area contributed by atoms with Crippen LogP contribution in [0.4, 0.5) is 5.69 Å². The normalized spacial score (nSPS) is 11.7. The van der Waals surface area contributed by atoms with Crippen LogP contribution in [0.5, 0.6) is 0 Å². The number of methoxy groups -OCH3 is 1. The molecule has 0 spiro atoms. The molecular formula is C16H23NO3. The number of nitrogens with one attached hydrogen (secondary N) is 1. The molecule has 110 valence electrons. The lowest BCUT2D eigenvalue weighted by molar-refractivity contribution is -0.141. The Kier molecular flexibility index (Phi) is 7.40. The second-order valence-electron chi connectivity index (χ2n) is 5.03. The summed E-state index contributed by atoms with van der Waals surface area (Å²) in [6.07, 6.45) is 3.55. The van der Waals surface area contributed by atoms with E-state index in [1.54, 1.807) is 0 Å². The van der Waals surface area contributed by atoms with Gasteiger partial charge in [0.25, 0.3) is 0 Å². The molecule has 0 heterocycles. The number of anilines is 1. The fourth-order valence-electron chi connectivity index (χ4n) is 1.97. The highest BCUT2D eigenvalue weighted by Crippen LogP contribution is 2.15. The molecule has 0 radical (unpaired) electrons. The standard InChI is InChI=1S/C16H23NO3/c1-13(11-12-16(19)20-2)7-6-10-15(18)17-14-8-4-3-5-9-14/h3-5,8-9,13H,6-7,10-12H2,1-2H3,(H,17,18). The summed E-state index contributed by atoms with van der Waals surface area (Å²) in [5, 5.41) is 2.86. The second-order valence-corrected chi connectivity index (χ2v) is 5.03. The van der Waals surface area contributed by atoms with Crippen molar-refractivity contribution >= 4 is 17.6 Å². The summed E-state index contributed by atoms with van der Waals surface area (Å²) in [6, 6.07) is 9.45. The third kappa shape index (κ3) is 6.92. The van der Waals surface area contributed by atoms with E-state index in [9.17, 15) is 9.59 Å². The molecule has 1 unspecified atom stereocenters. The topological polar surface area (TPSA) is 55.4 Å². The van der Waals surface area contributed by atoms with Crippen LogP contribution in [0.25, 0.3) is 0 Å². The van der Waals surface area contributed by atoms with Crippen molar-refractivity contribution in [2.45, 2.75) is 39.0 Å². The zero-order valence-electron chi connectivity index (χ0n) is 12.2. The van der Waals surface area contributed by atoms with E-state index in [0.717, 1.165) is 24.9 Å². The van der Waals surface area contributed by atoms with Crippen LogP contribution in [0.3, 0.4) is 0 Å². The molecule has 0 aliphatic carbocycles. The predicted octanol–water partition coefficient (Wildman–Crippen LogP) is 3.38. The summed E-state index contributed by atoms with van der Waals surface area (Å²) in [7, 11) is 1.40. The molecule has 20 heavy (non-hydrogen) atoms. The van der Waals surface area contributed by atoms with Crippen LogP contribution in [-0.4, -0.2) is 19.0 Å². The minimum Gasteiger partial charge on any atom is -0.469 e. The van der Waals surface area contributed by atoms with Crippen LogP contribution in [0.2, 0.25) is 0 Å². The lowest BCUT2D eigenvalue weighted by Gasteiger charge is -2.10. The first kappa shape index (κ1) is 16.2. The largest absolute Gasteiger partial charge is 0.469 e. The maximum absolute atomic E-state index is 11.7. The van der Waals surface area contributed by atoms with E-state index in [1.165, 1.54) is 7.11 Å². The molecular weight excluding hydrogens is 254 g/mol. The summed E-state index contributed by atoms with van der Waals surface area (Å²) >= 11 is 0. The van der Waals surface area contributed by atoms with Gasteiger partial charge in [-0.25, -0.2) is 0 Å². The van der Waals surface area contributed by atoms with Crippen LogP contribution in [0.15, 0.2) is 30.3 Å². The molecule has 0 saturated carbocycles. The summed E-state index contributed by atoms with van der Waals surface area (Å²) in [4.78, 5) is 22.7. The van der Waals surface area contributed by atoms with Gasteiger partial charge in [-0.1, -0.05) is 31.5 Å². The van der Waals surface area contributed by atoms with Gasteiger partial charge in [0.15, 0.2) is 0 Å². The number of para-hydroxylation sites is 1. The number of esters is 1. The second kappa shape index (κ2) is 9.13. The van der Waals surface area contributed by atoms with Crippen LogP contribution in [0.1, 0.15) is 39.0 Å². The van der Waals surface area contributed by atoms with Gasteiger partial charge in [-0.3, -0.25) is 9.59 Å². The van der Waals surface area contributed by atoms with E-state index in [0.29, 0.717) is 18.8 Å². The Balaban J connectivity index is 2.14. The minimum absolute atomic E-state index is 0.0383. The zero-order valence-corrected chi connectivity index (χ0v) is 12.2. The summed E-state index contributed by atoms with van der Waals surface area (Å²) in [5.41, 5.74) is 0.830. The number of ether oxygens (including phenoxy) is 1. The SMILES string of the molecule is COC(=O)CCC(C)CCCC(=O)Nc1ccccc1. The molecule has 0 aromatic heterocycles. The van der Waals surface area contributed by atoms with Gasteiger partial charge in [0, 0.05) is 18.5 Å². The summed E-state index contributed by atoms with van der Waals surface area (Å²) < 4.78 is 4.61. The average Bonchev–Trinajstić information content (AvgIpc) is 2.45. The molecule has 0 bridgehead atoms. The number of hydrogen-bond donors (Lipinski definition) is 1. The molecule has 0 aliphatic heterocycles. The fraction of sp³-hybridized carbons (Fsp3) is 0.500. The van der Waals surface area contributed by atoms with Crippen molar-refractivity contribution in [1.82, 2.24) is 0 Å². The Morgan fingerprint density at radius 3 is 2.50 bits per heavy atom. The number of carbonyl (C=O) groups is 2. The summed E-state index contributed by atoms with van der Waals surface area (Å²) in [6.45, 7) is 2.10. The fourth-order valence-corrected chi connectivity index (χ4v) is 1.97. The monoisotopic (exact) mass is 277 g/mol. The Hall–Kier alpha value is -1.84. The first-order valence-corrected chi connectivity index (χ1v) is 7.03. The van der Waals surface area contributed by atoms with E-state index in [1.807, 2.05) is 30.3 Å². The van der Waals surface area contributed by atoms with Gasteiger partial charge in [0.1, 0.15) is 0 Å². The van der Waals surface area contributed by atoms with Gasteiger partial charge in [-0.15, -0.1) is 0 Å². The molecule has 1 amide bonds.